The molecular weight excluding hydrogens is 324 g/mol. The summed E-state index contributed by atoms with van der Waals surface area (Å²) < 4.78 is 0.937. The van der Waals surface area contributed by atoms with Crippen LogP contribution < -0.4 is 11.1 Å². The van der Waals surface area contributed by atoms with E-state index in [0.29, 0.717) is 17.8 Å². The molecule has 1 amide bonds. The maximum absolute atomic E-state index is 12.1. The van der Waals surface area contributed by atoms with Gasteiger partial charge in [-0.05, 0) is 37.3 Å². The van der Waals surface area contributed by atoms with Gasteiger partial charge >= 0.3 is 0 Å². The fraction of sp³-hybridized carbons (Fsp3) is 0.500. The highest BCUT2D eigenvalue weighted by Crippen LogP contribution is 2.29. The summed E-state index contributed by atoms with van der Waals surface area (Å²) >= 11 is 5.16. The minimum atomic E-state index is -0.0756. The number of carbonyl (C=O) groups excluding carboxylic acids is 1. The van der Waals surface area contributed by atoms with Gasteiger partial charge in [0, 0.05) is 27.0 Å². The van der Waals surface area contributed by atoms with Gasteiger partial charge in [0.05, 0.1) is 0 Å². The Balaban J connectivity index is 2.74. The van der Waals surface area contributed by atoms with Gasteiger partial charge in [-0.15, -0.1) is 0 Å². The van der Waals surface area contributed by atoms with Crippen LogP contribution in [0.4, 0.5) is 5.69 Å². The van der Waals surface area contributed by atoms with Gasteiger partial charge in [-0.3, -0.25) is 4.79 Å². The van der Waals surface area contributed by atoms with Crippen molar-refractivity contribution < 1.29 is 4.79 Å². The molecule has 0 aromatic heterocycles. The highest BCUT2D eigenvalue weighted by molar-refractivity contribution is 9.10. The summed E-state index contributed by atoms with van der Waals surface area (Å²) in [6.45, 7) is 4.99. The highest BCUT2D eigenvalue weighted by Gasteiger charge is 2.25. The number of thioether (sulfide) groups is 1. The fourth-order valence-electron chi connectivity index (χ4n) is 1.95. The van der Waals surface area contributed by atoms with Gasteiger partial charge in [0.15, 0.2) is 0 Å². The molecule has 0 saturated heterocycles. The predicted molar refractivity (Wildman–Crippen MR) is 87.7 cm³/mol. The summed E-state index contributed by atoms with van der Waals surface area (Å²) in [5, 5.41) is 3.01. The van der Waals surface area contributed by atoms with E-state index in [0.717, 1.165) is 17.3 Å². The standard InChI is InChI=1S/C14H21BrN2OS/c1-4-14(5-2,19-3)9-17-13(18)10-6-11(15)8-12(16)7-10/h6-8H,4-5,9,16H2,1-3H3,(H,17,18). The van der Waals surface area contributed by atoms with Crippen LogP contribution in [0.15, 0.2) is 22.7 Å². The minimum Gasteiger partial charge on any atom is -0.399 e. The lowest BCUT2D eigenvalue weighted by Crippen LogP contribution is -2.39. The molecule has 0 saturated carbocycles. The summed E-state index contributed by atoms with van der Waals surface area (Å²) in [5.41, 5.74) is 6.92. The summed E-state index contributed by atoms with van der Waals surface area (Å²) in [5.74, 6) is -0.0756. The topological polar surface area (TPSA) is 55.1 Å². The fourth-order valence-corrected chi connectivity index (χ4v) is 3.25. The Morgan fingerprint density at radius 1 is 1.37 bits per heavy atom. The number of anilines is 1. The van der Waals surface area contributed by atoms with Crippen LogP contribution in [0.2, 0.25) is 0 Å². The Morgan fingerprint density at radius 3 is 2.47 bits per heavy atom. The van der Waals surface area contributed by atoms with Crippen molar-refractivity contribution in [3.63, 3.8) is 0 Å². The van der Waals surface area contributed by atoms with E-state index in [2.05, 4.69) is 41.3 Å². The van der Waals surface area contributed by atoms with E-state index in [-0.39, 0.29) is 10.7 Å². The van der Waals surface area contributed by atoms with E-state index in [9.17, 15) is 4.79 Å². The molecule has 0 aliphatic heterocycles. The van der Waals surface area contributed by atoms with Crippen molar-refractivity contribution in [2.45, 2.75) is 31.4 Å². The zero-order valence-electron chi connectivity index (χ0n) is 11.6. The number of halogens is 1. The van der Waals surface area contributed by atoms with Gasteiger partial charge in [0.1, 0.15) is 0 Å². The lowest BCUT2D eigenvalue weighted by molar-refractivity contribution is 0.0949. The van der Waals surface area contributed by atoms with Crippen molar-refractivity contribution in [2.24, 2.45) is 0 Å². The molecule has 0 bridgehead atoms. The number of hydrogen-bond donors (Lipinski definition) is 2. The number of nitrogens with two attached hydrogens (primary N) is 1. The largest absolute Gasteiger partial charge is 0.399 e. The number of carbonyl (C=O) groups is 1. The molecule has 1 rings (SSSR count). The van der Waals surface area contributed by atoms with Crippen molar-refractivity contribution in [3.8, 4) is 0 Å². The molecule has 0 spiro atoms. The maximum atomic E-state index is 12.1. The lowest BCUT2D eigenvalue weighted by atomic mass is 10.0. The molecule has 5 heteroatoms. The van der Waals surface area contributed by atoms with E-state index < -0.39 is 0 Å². The normalized spacial score (nSPS) is 11.4. The van der Waals surface area contributed by atoms with E-state index in [4.69, 9.17) is 5.73 Å². The van der Waals surface area contributed by atoms with E-state index in [1.54, 1.807) is 18.2 Å². The first-order chi connectivity index (χ1) is 8.96. The first-order valence-electron chi connectivity index (χ1n) is 6.35. The third-order valence-electron chi connectivity index (χ3n) is 3.48. The number of nitrogen functional groups attached to an aromatic ring is 1. The smallest absolute Gasteiger partial charge is 0.251 e. The molecule has 106 valence electrons. The molecule has 0 atom stereocenters. The number of nitrogens with one attached hydrogen (secondary N) is 1. The molecular formula is C14H21BrN2OS. The number of hydrogen-bond acceptors (Lipinski definition) is 3. The van der Waals surface area contributed by atoms with Crippen molar-refractivity contribution in [1.82, 2.24) is 5.32 Å². The third kappa shape index (κ3) is 4.42. The molecule has 0 aliphatic carbocycles. The minimum absolute atomic E-state index is 0.0756. The van der Waals surface area contributed by atoms with Crippen molar-refractivity contribution in [2.75, 3.05) is 18.5 Å². The van der Waals surface area contributed by atoms with Gasteiger partial charge < -0.3 is 11.1 Å². The SMILES string of the molecule is CCC(CC)(CNC(=O)c1cc(N)cc(Br)c1)SC. The Morgan fingerprint density at radius 2 is 2.00 bits per heavy atom. The molecule has 1 aromatic carbocycles. The van der Waals surface area contributed by atoms with Gasteiger partial charge in [-0.1, -0.05) is 29.8 Å². The zero-order chi connectivity index (χ0) is 14.5. The van der Waals surface area contributed by atoms with E-state index in [1.807, 2.05) is 11.8 Å². The number of benzene rings is 1. The molecule has 0 unspecified atom stereocenters. The van der Waals surface area contributed by atoms with Gasteiger partial charge in [-0.2, -0.15) is 11.8 Å². The first-order valence-corrected chi connectivity index (χ1v) is 8.37. The molecule has 0 heterocycles. The van der Waals surface area contributed by atoms with Crippen LogP contribution in [0.1, 0.15) is 37.0 Å². The molecule has 3 nitrogen and oxygen atoms in total. The van der Waals surface area contributed by atoms with Crippen LogP contribution in [0.5, 0.6) is 0 Å². The van der Waals surface area contributed by atoms with Crippen molar-refractivity contribution in [3.05, 3.63) is 28.2 Å². The van der Waals surface area contributed by atoms with Crippen LogP contribution >= 0.6 is 27.7 Å². The van der Waals surface area contributed by atoms with Crippen LogP contribution in [0, 0.1) is 0 Å². The summed E-state index contributed by atoms with van der Waals surface area (Å²) in [6, 6.07) is 5.25. The number of rotatable bonds is 6. The number of amides is 1. The monoisotopic (exact) mass is 344 g/mol. The van der Waals surface area contributed by atoms with Crippen LogP contribution in [-0.4, -0.2) is 23.5 Å². The first kappa shape index (κ1) is 16.4. The molecule has 19 heavy (non-hydrogen) atoms. The summed E-state index contributed by atoms with van der Waals surface area (Å²) in [4.78, 5) is 12.1. The average Bonchev–Trinajstić information content (AvgIpc) is 2.39. The summed E-state index contributed by atoms with van der Waals surface area (Å²) in [6.07, 6.45) is 4.16. The maximum Gasteiger partial charge on any atom is 0.251 e. The Labute approximate surface area is 127 Å². The summed E-state index contributed by atoms with van der Waals surface area (Å²) in [7, 11) is 0. The van der Waals surface area contributed by atoms with E-state index in [1.165, 1.54) is 0 Å². The quantitative estimate of drug-likeness (QED) is 0.774. The van der Waals surface area contributed by atoms with Crippen LogP contribution in [0.25, 0.3) is 0 Å². The van der Waals surface area contributed by atoms with Crippen molar-refractivity contribution in [1.29, 1.82) is 0 Å². The average molecular weight is 345 g/mol. The van der Waals surface area contributed by atoms with Crippen LogP contribution in [0.3, 0.4) is 0 Å². The molecule has 1 aromatic rings. The van der Waals surface area contributed by atoms with E-state index >= 15 is 0 Å². The van der Waals surface area contributed by atoms with Gasteiger partial charge in [0.2, 0.25) is 0 Å². The second-order valence-corrected chi connectivity index (χ2v) is 6.74. The van der Waals surface area contributed by atoms with Gasteiger partial charge in [-0.25, -0.2) is 0 Å². The molecule has 0 aliphatic rings. The second-order valence-electron chi connectivity index (χ2n) is 4.55. The zero-order valence-corrected chi connectivity index (χ0v) is 14.0. The lowest BCUT2D eigenvalue weighted by Gasteiger charge is -2.29. The Bertz CT molecular complexity index is 419. The predicted octanol–water partition coefficient (Wildman–Crippen LogP) is 3.68. The Kier molecular flexibility index (Phi) is 6.20. The molecule has 0 radical (unpaired) electrons. The second kappa shape index (κ2) is 7.20. The molecule has 0 fully saturated rings. The van der Waals surface area contributed by atoms with Crippen molar-refractivity contribution >= 4 is 39.3 Å². The van der Waals surface area contributed by atoms with Crippen LogP contribution in [-0.2, 0) is 0 Å². The third-order valence-corrected chi connectivity index (χ3v) is 5.52. The molecule has 3 N–H and O–H groups in total. The highest BCUT2D eigenvalue weighted by atomic mass is 79.9. The van der Waals surface area contributed by atoms with Gasteiger partial charge in [0.25, 0.3) is 5.91 Å². The Hall–Kier alpha value is -0.680.